The third-order valence-corrected chi connectivity index (χ3v) is 3.56. The van der Waals surface area contributed by atoms with E-state index in [1.165, 1.54) is 0 Å². The van der Waals surface area contributed by atoms with Crippen LogP contribution in [0.15, 0.2) is 28.8 Å². The highest BCUT2D eigenvalue weighted by atomic mass is 16.6. The van der Waals surface area contributed by atoms with Crippen molar-refractivity contribution < 1.29 is 23.6 Å². The Morgan fingerprint density at radius 3 is 2.10 bits per heavy atom. The van der Waals surface area contributed by atoms with Crippen LogP contribution in [0.4, 0.5) is 4.79 Å². The van der Waals surface area contributed by atoms with Crippen molar-refractivity contribution in [2.45, 2.75) is 72.1 Å². The molecular formula is C21H29N3O5. The van der Waals surface area contributed by atoms with Crippen molar-refractivity contribution >= 4 is 12.1 Å². The van der Waals surface area contributed by atoms with Crippen LogP contribution in [0.3, 0.4) is 0 Å². The van der Waals surface area contributed by atoms with E-state index in [-0.39, 0.29) is 6.42 Å². The molecule has 8 heteroatoms. The Bertz CT molecular complexity index is 844. The van der Waals surface area contributed by atoms with Crippen LogP contribution >= 0.6 is 0 Å². The van der Waals surface area contributed by atoms with Crippen LogP contribution in [0, 0.1) is 6.92 Å². The lowest BCUT2D eigenvalue weighted by atomic mass is 10.0. The average molecular weight is 403 g/mol. The topological polar surface area (TPSA) is 104 Å². The number of esters is 1. The van der Waals surface area contributed by atoms with Crippen LogP contribution in [0.2, 0.25) is 0 Å². The number of aromatic nitrogens is 2. The number of aryl methyl sites for hydroxylation is 1. The lowest BCUT2D eigenvalue weighted by molar-refractivity contribution is -0.157. The van der Waals surface area contributed by atoms with Gasteiger partial charge in [-0.2, -0.15) is 4.98 Å². The molecule has 8 nitrogen and oxygen atoms in total. The van der Waals surface area contributed by atoms with Gasteiger partial charge in [-0.05, 0) is 47.1 Å². The minimum atomic E-state index is -0.887. The zero-order valence-electron chi connectivity index (χ0n) is 18.0. The van der Waals surface area contributed by atoms with Gasteiger partial charge < -0.3 is 19.3 Å². The summed E-state index contributed by atoms with van der Waals surface area (Å²) in [5.41, 5.74) is 0.276. The maximum Gasteiger partial charge on any atom is 0.408 e. The number of amides is 1. The first-order valence-corrected chi connectivity index (χ1v) is 9.44. The van der Waals surface area contributed by atoms with Gasteiger partial charge >= 0.3 is 12.1 Å². The summed E-state index contributed by atoms with van der Waals surface area (Å²) >= 11 is 0. The molecule has 0 bridgehead atoms. The summed E-state index contributed by atoms with van der Waals surface area (Å²) in [5.74, 6) is 0.446. The van der Waals surface area contributed by atoms with Crippen LogP contribution in [0.25, 0.3) is 11.4 Å². The number of alkyl carbamates (subject to hydrolysis) is 1. The van der Waals surface area contributed by atoms with Crippen LogP contribution in [-0.2, 0) is 20.7 Å². The zero-order chi connectivity index (χ0) is 21.8. The van der Waals surface area contributed by atoms with Crippen molar-refractivity contribution in [1.29, 1.82) is 0 Å². The van der Waals surface area contributed by atoms with E-state index in [9.17, 15) is 9.59 Å². The van der Waals surface area contributed by atoms with Crippen LogP contribution in [-0.4, -0.2) is 39.4 Å². The van der Waals surface area contributed by atoms with Crippen molar-refractivity contribution in [3.63, 3.8) is 0 Å². The van der Waals surface area contributed by atoms with Crippen molar-refractivity contribution in [2.75, 3.05) is 0 Å². The van der Waals surface area contributed by atoms with E-state index in [2.05, 4.69) is 15.5 Å². The molecule has 0 aliphatic rings. The highest BCUT2D eigenvalue weighted by molar-refractivity contribution is 5.82. The molecule has 0 aliphatic carbocycles. The monoisotopic (exact) mass is 403 g/mol. The second-order valence-electron chi connectivity index (χ2n) is 8.77. The first-order chi connectivity index (χ1) is 13.3. The van der Waals surface area contributed by atoms with E-state index >= 15 is 0 Å². The summed E-state index contributed by atoms with van der Waals surface area (Å²) in [4.78, 5) is 29.0. The molecule has 0 radical (unpaired) electrons. The molecule has 2 rings (SSSR count). The number of carbonyl (C=O) groups excluding carboxylic acids is 2. The lowest BCUT2D eigenvalue weighted by Gasteiger charge is -2.26. The minimum absolute atomic E-state index is 0.250. The summed E-state index contributed by atoms with van der Waals surface area (Å²) in [6.45, 7) is 12.3. The predicted molar refractivity (Wildman–Crippen MR) is 107 cm³/mol. The molecule has 29 heavy (non-hydrogen) atoms. The number of nitrogens with one attached hydrogen (secondary N) is 1. The molecule has 1 aromatic carbocycles. The zero-order valence-corrected chi connectivity index (χ0v) is 18.0. The van der Waals surface area contributed by atoms with Gasteiger partial charge in [-0.25, -0.2) is 9.59 Å². The maximum atomic E-state index is 12.6. The van der Waals surface area contributed by atoms with Crippen molar-refractivity contribution in [3.8, 4) is 11.4 Å². The van der Waals surface area contributed by atoms with Gasteiger partial charge in [-0.3, -0.25) is 0 Å². The van der Waals surface area contributed by atoms with E-state index < -0.39 is 29.3 Å². The van der Waals surface area contributed by atoms with Gasteiger partial charge in [-0.15, -0.1) is 0 Å². The molecule has 1 heterocycles. The number of hydrogen-bond acceptors (Lipinski definition) is 7. The first-order valence-electron chi connectivity index (χ1n) is 9.44. The maximum absolute atomic E-state index is 12.6. The molecule has 0 saturated carbocycles. The quantitative estimate of drug-likeness (QED) is 0.757. The summed E-state index contributed by atoms with van der Waals surface area (Å²) in [7, 11) is 0. The van der Waals surface area contributed by atoms with E-state index in [1.54, 1.807) is 48.5 Å². The first kappa shape index (κ1) is 22.4. The fourth-order valence-corrected chi connectivity index (χ4v) is 2.46. The van der Waals surface area contributed by atoms with Crippen LogP contribution < -0.4 is 5.32 Å². The van der Waals surface area contributed by atoms with Gasteiger partial charge in [-0.1, -0.05) is 29.4 Å². The summed E-state index contributed by atoms with van der Waals surface area (Å²) in [6.07, 6.45) is -0.424. The van der Waals surface area contributed by atoms with Gasteiger partial charge in [0.05, 0.1) is 0 Å². The molecule has 0 unspecified atom stereocenters. The van der Waals surface area contributed by atoms with Crippen LogP contribution in [0.1, 0.15) is 53.0 Å². The molecule has 0 fully saturated rings. The number of carbonyl (C=O) groups is 2. The number of rotatable bonds is 5. The number of benzene rings is 1. The van der Waals surface area contributed by atoms with E-state index in [0.717, 1.165) is 11.1 Å². The van der Waals surface area contributed by atoms with Crippen molar-refractivity contribution in [3.05, 3.63) is 35.7 Å². The Morgan fingerprint density at radius 2 is 1.62 bits per heavy atom. The second-order valence-corrected chi connectivity index (χ2v) is 8.77. The fraction of sp³-hybridized carbons (Fsp3) is 0.524. The smallest absolute Gasteiger partial charge is 0.408 e. The SMILES string of the molecule is Cc1nc(-c2ccc(C[C@H](NC(=O)OC(C)(C)C)C(=O)OC(C)(C)C)cc2)no1. The standard InChI is InChI=1S/C21H29N3O5/c1-13-22-17(24-29-13)15-10-8-14(9-11-15)12-16(18(25)27-20(2,3)4)23-19(26)28-21(5,6)7/h8-11,16H,12H2,1-7H3,(H,23,26)/t16-/m0/s1. The Labute approximate surface area is 171 Å². The normalized spacial score (nSPS) is 12.9. The number of hydrogen-bond donors (Lipinski definition) is 1. The fourth-order valence-electron chi connectivity index (χ4n) is 2.46. The lowest BCUT2D eigenvalue weighted by Crippen LogP contribution is -2.47. The Hall–Kier alpha value is -2.90. The molecule has 1 atom stereocenters. The third kappa shape index (κ3) is 7.56. The molecule has 0 spiro atoms. The van der Waals surface area contributed by atoms with E-state index in [4.69, 9.17) is 14.0 Å². The van der Waals surface area contributed by atoms with Gasteiger partial charge in [0.15, 0.2) is 0 Å². The van der Waals surface area contributed by atoms with Crippen LogP contribution in [0.5, 0.6) is 0 Å². The van der Waals surface area contributed by atoms with Crippen molar-refractivity contribution in [2.24, 2.45) is 0 Å². The highest BCUT2D eigenvalue weighted by Gasteiger charge is 2.29. The number of ether oxygens (including phenoxy) is 2. The molecule has 1 aromatic heterocycles. The van der Waals surface area contributed by atoms with Gasteiger partial charge in [0, 0.05) is 18.9 Å². The molecular weight excluding hydrogens is 374 g/mol. The average Bonchev–Trinajstić information content (AvgIpc) is 2.98. The molecule has 1 amide bonds. The minimum Gasteiger partial charge on any atom is -0.458 e. The summed E-state index contributed by atoms with van der Waals surface area (Å²) < 4.78 is 15.7. The Balaban J connectivity index is 2.15. The second kappa shape index (κ2) is 8.63. The molecule has 0 saturated heterocycles. The van der Waals surface area contributed by atoms with E-state index in [0.29, 0.717) is 11.7 Å². The molecule has 2 aromatic rings. The van der Waals surface area contributed by atoms with Gasteiger partial charge in [0.25, 0.3) is 0 Å². The molecule has 158 valence electrons. The summed E-state index contributed by atoms with van der Waals surface area (Å²) in [5, 5.41) is 6.50. The van der Waals surface area contributed by atoms with E-state index in [1.807, 2.05) is 24.3 Å². The molecule has 0 aliphatic heterocycles. The largest absolute Gasteiger partial charge is 0.458 e. The summed E-state index contributed by atoms with van der Waals surface area (Å²) in [6, 6.07) is 6.46. The third-order valence-electron chi connectivity index (χ3n) is 3.56. The van der Waals surface area contributed by atoms with Gasteiger partial charge in [0.2, 0.25) is 11.7 Å². The van der Waals surface area contributed by atoms with Crippen molar-refractivity contribution in [1.82, 2.24) is 15.5 Å². The predicted octanol–water partition coefficient (Wildman–Crippen LogP) is 3.82. The number of nitrogens with zero attached hydrogens (tertiary/aromatic N) is 2. The Kier molecular flexibility index (Phi) is 6.66. The van der Waals surface area contributed by atoms with Gasteiger partial charge in [0.1, 0.15) is 17.2 Å². The highest BCUT2D eigenvalue weighted by Crippen LogP contribution is 2.18. The molecule has 1 N–H and O–H groups in total. The Morgan fingerprint density at radius 1 is 1.03 bits per heavy atom.